The number of aromatic nitrogens is 2. The van der Waals surface area contributed by atoms with Crippen LogP contribution < -0.4 is 11.1 Å². The van der Waals surface area contributed by atoms with Gasteiger partial charge in [-0.25, -0.2) is 9.59 Å². The smallest absolute Gasteiger partial charge is 0.438 e. The first kappa shape index (κ1) is 11.3. The van der Waals surface area contributed by atoms with Crippen molar-refractivity contribution in [1.29, 1.82) is 0 Å². The molecule has 0 fully saturated rings. The van der Waals surface area contributed by atoms with Gasteiger partial charge in [-0.2, -0.15) is 0 Å². The van der Waals surface area contributed by atoms with E-state index >= 15 is 0 Å². The Morgan fingerprint density at radius 1 is 1.67 bits per heavy atom. The summed E-state index contributed by atoms with van der Waals surface area (Å²) in [5.74, 6) is -0.198. The quantitative estimate of drug-likeness (QED) is 0.664. The van der Waals surface area contributed by atoms with Crippen LogP contribution in [-0.2, 0) is 6.42 Å². The third kappa shape index (κ3) is 3.45. The van der Waals surface area contributed by atoms with E-state index < -0.39 is 11.8 Å². The summed E-state index contributed by atoms with van der Waals surface area (Å²) in [7, 11) is 0. The molecule has 1 aromatic heterocycles. The molecule has 1 atom stereocenters. The minimum absolute atomic E-state index is 0.0984. The largest absolute Gasteiger partial charge is 0.465 e. The minimum atomic E-state index is -1.10. The average Bonchev–Trinajstić information content (AvgIpc) is 2.49. The first-order chi connectivity index (χ1) is 6.99. The van der Waals surface area contributed by atoms with Crippen molar-refractivity contribution in [2.45, 2.75) is 26.3 Å². The Hall–Kier alpha value is -1.79. The molecule has 0 saturated carbocycles. The lowest BCUT2D eigenvalue weighted by atomic mass is 10.0. The van der Waals surface area contributed by atoms with E-state index in [1.807, 2.05) is 13.8 Å². The number of hydrogen-bond donors (Lipinski definition) is 3. The van der Waals surface area contributed by atoms with Crippen LogP contribution in [0.15, 0.2) is 9.32 Å². The van der Waals surface area contributed by atoms with Gasteiger partial charge in [-0.3, -0.25) is 9.51 Å². The maximum absolute atomic E-state index is 10.6. The number of H-pyrrole nitrogens is 1. The monoisotopic (exact) mass is 215 g/mol. The van der Waals surface area contributed by atoms with Gasteiger partial charge >= 0.3 is 11.8 Å². The predicted octanol–water partition coefficient (Wildman–Crippen LogP) is 0.198. The third-order valence-corrected chi connectivity index (χ3v) is 2.01. The molecule has 0 unspecified atom stereocenters. The van der Waals surface area contributed by atoms with Gasteiger partial charge in [0, 0.05) is 12.5 Å². The van der Waals surface area contributed by atoms with Crippen molar-refractivity contribution in [3.63, 3.8) is 0 Å². The number of nitrogens with one attached hydrogen (secondary N) is 2. The van der Waals surface area contributed by atoms with Crippen molar-refractivity contribution in [1.82, 2.24) is 15.5 Å². The van der Waals surface area contributed by atoms with E-state index in [4.69, 9.17) is 5.11 Å². The molecule has 0 bridgehead atoms. The second-order valence-electron chi connectivity index (χ2n) is 3.55. The highest BCUT2D eigenvalue weighted by Crippen LogP contribution is 2.06. The zero-order chi connectivity index (χ0) is 11.4. The van der Waals surface area contributed by atoms with E-state index in [-0.39, 0.29) is 12.0 Å². The van der Waals surface area contributed by atoms with E-state index in [1.54, 1.807) is 0 Å². The Morgan fingerprint density at radius 3 is 2.73 bits per heavy atom. The molecule has 0 aromatic carbocycles. The summed E-state index contributed by atoms with van der Waals surface area (Å²) in [5, 5.41) is 14.4. The fourth-order valence-corrected chi connectivity index (χ4v) is 1.17. The van der Waals surface area contributed by atoms with Gasteiger partial charge in [0.2, 0.25) is 0 Å². The SMILES string of the molecule is CC(C)[C@@H](Cc1noc(=O)[nH]1)NC(=O)O. The van der Waals surface area contributed by atoms with Crippen LogP contribution in [0.3, 0.4) is 0 Å². The predicted molar refractivity (Wildman–Crippen MR) is 50.6 cm³/mol. The van der Waals surface area contributed by atoms with Crippen molar-refractivity contribution in [2.75, 3.05) is 0 Å². The summed E-state index contributed by atoms with van der Waals surface area (Å²) in [5.41, 5.74) is 0. The molecule has 0 radical (unpaired) electrons. The van der Waals surface area contributed by atoms with Crippen molar-refractivity contribution in [3.8, 4) is 0 Å². The van der Waals surface area contributed by atoms with Gasteiger partial charge in [-0.15, -0.1) is 0 Å². The number of rotatable bonds is 4. The normalized spacial score (nSPS) is 12.7. The lowest BCUT2D eigenvalue weighted by Crippen LogP contribution is -2.39. The summed E-state index contributed by atoms with van der Waals surface area (Å²) in [6.45, 7) is 3.75. The van der Waals surface area contributed by atoms with Gasteiger partial charge in [0.15, 0.2) is 5.82 Å². The molecule has 1 amide bonds. The van der Waals surface area contributed by atoms with Gasteiger partial charge in [-0.05, 0) is 5.92 Å². The standard InChI is InChI=1S/C8H13N3O4/c1-4(2)5(9-7(12)13)3-6-10-8(14)15-11-6/h4-5,9H,3H2,1-2H3,(H,12,13)(H,10,11,14)/t5-/m1/s1. The van der Waals surface area contributed by atoms with Crippen molar-refractivity contribution in [3.05, 3.63) is 16.4 Å². The van der Waals surface area contributed by atoms with E-state index in [0.29, 0.717) is 12.2 Å². The summed E-state index contributed by atoms with van der Waals surface area (Å²) in [6, 6.07) is -0.303. The van der Waals surface area contributed by atoms with Crippen molar-refractivity contribution in [2.24, 2.45) is 5.92 Å². The Balaban J connectivity index is 2.66. The summed E-state index contributed by atoms with van der Waals surface area (Å²) >= 11 is 0. The summed E-state index contributed by atoms with van der Waals surface area (Å²) in [6.07, 6.45) is -0.796. The van der Waals surface area contributed by atoms with E-state index in [0.717, 1.165) is 0 Å². The summed E-state index contributed by atoms with van der Waals surface area (Å²) in [4.78, 5) is 23.5. The maximum atomic E-state index is 10.6. The molecule has 1 aromatic rings. The molecule has 7 heteroatoms. The minimum Gasteiger partial charge on any atom is -0.465 e. The molecule has 1 rings (SSSR count). The molecule has 1 heterocycles. The highest BCUT2D eigenvalue weighted by molar-refractivity contribution is 5.64. The van der Waals surface area contributed by atoms with Crippen LogP contribution in [0.5, 0.6) is 0 Å². The number of carboxylic acid groups (broad SMARTS) is 1. The molecule has 84 valence electrons. The van der Waals surface area contributed by atoms with Gasteiger partial charge in [0.25, 0.3) is 0 Å². The van der Waals surface area contributed by atoms with Crippen LogP contribution in [0.4, 0.5) is 4.79 Å². The summed E-state index contributed by atoms with van der Waals surface area (Å²) < 4.78 is 4.31. The molecule has 0 spiro atoms. The molecule has 0 aliphatic rings. The lowest BCUT2D eigenvalue weighted by Gasteiger charge is -2.18. The highest BCUT2D eigenvalue weighted by atomic mass is 16.5. The Morgan fingerprint density at radius 2 is 2.33 bits per heavy atom. The van der Waals surface area contributed by atoms with Crippen LogP contribution >= 0.6 is 0 Å². The van der Waals surface area contributed by atoms with Crippen LogP contribution in [0.2, 0.25) is 0 Å². The zero-order valence-corrected chi connectivity index (χ0v) is 8.48. The first-order valence-electron chi connectivity index (χ1n) is 4.53. The second-order valence-corrected chi connectivity index (χ2v) is 3.55. The third-order valence-electron chi connectivity index (χ3n) is 2.01. The number of carbonyl (C=O) groups is 1. The molecule has 0 aliphatic heterocycles. The fraction of sp³-hybridized carbons (Fsp3) is 0.625. The first-order valence-corrected chi connectivity index (χ1v) is 4.53. The number of hydrogen-bond acceptors (Lipinski definition) is 4. The topological polar surface area (TPSA) is 108 Å². The lowest BCUT2D eigenvalue weighted by molar-refractivity contribution is 0.185. The average molecular weight is 215 g/mol. The van der Waals surface area contributed by atoms with Gasteiger partial charge in [0.05, 0.1) is 0 Å². The number of amides is 1. The molecule has 0 aliphatic carbocycles. The number of aromatic amines is 1. The molecule has 15 heavy (non-hydrogen) atoms. The van der Waals surface area contributed by atoms with Crippen LogP contribution in [0.25, 0.3) is 0 Å². The molecular formula is C8H13N3O4. The van der Waals surface area contributed by atoms with Crippen LogP contribution in [-0.4, -0.2) is 27.4 Å². The van der Waals surface area contributed by atoms with E-state index in [9.17, 15) is 9.59 Å². The van der Waals surface area contributed by atoms with E-state index in [2.05, 4.69) is 20.0 Å². The van der Waals surface area contributed by atoms with Crippen molar-refractivity contribution >= 4 is 6.09 Å². The van der Waals surface area contributed by atoms with Crippen LogP contribution in [0.1, 0.15) is 19.7 Å². The molecular weight excluding hydrogens is 202 g/mol. The van der Waals surface area contributed by atoms with Gasteiger partial charge in [-0.1, -0.05) is 19.0 Å². The fourth-order valence-electron chi connectivity index (χ4n) is 1.17. The zero-order valence-electron chi connectivity index (χ0n) is 8.48. The van der Waals surface area contributed by atoms with Gasteiger partial charge < -0.3 is 10.4 Å². The molecule has 0 saturated heterocycles. The van der Waals surface area contributed by atoms with Crippen molar-refractivity contribution < 1.29 is 14.4 Å². The Labute approximate surface area is 85.5 Å². The maximum Gasteiger partial charge on any atom is 0.438 e. The number of nitrogens with zero attached hydrogens (tertiary/aromatic N) is 1. The Bertz CT molecular complexity index is 381. The molecule has 7 nitrogen and oxygen atoms in total. The highest BCUT2D eigenvalue weighted by Gasteiger charge is 2.18. The molecule has 3 N–H and O–H groups in total. The Kier molecular flexibility index (Phi) is 3.48. The second kappa shape index (κ2) is 4.63. The van der Waals surface area contributed by atoms with E-state index in [1.165, 1.54) is 0 Å². The van der Waals surface area contributed by atoms with Crippen LogP contribution in [0, 0.1) is 5.92 Å². The van der Waals surface area contributed by atoms with Gasteiger partial charge in [0.1, 0.15) is 0 Å².